The van der Waals surface area contributed by atoms with Crippen LogP contribution in [0.1, 0.15) is 38.5 Å². The van der Waals surface area contributed by atoms with Crippen LogP contribution in [-0.4, -0.2) is 39.2 Å². The molecule has 5 nitrogen and oxygen atoms in total. The van der Waals surface area contributed by atoms with E-state index in [-0.39, 0.29) is 11.5 Å². The maximum Gasteiger partial charge on any atom is 0.266 e. The summed E-state index contributed by atoms with van der Waals surface area (Å²) in [5.74, 6) is 0.572. The van der Waals surface area contributed by atoms with Crippen LogP contribution in [0, 0.1) is 5.82 Å². The number of carbonyl (C=O) groups excluding carboxylic acids is 1. The normalized spacial score (nSPS) is 14.2. The zero-order chi connectivity index (χ0) is 21.6. The van der Waals surface area contributed by atoms with E-state index in [1.807, 2.05) is 17.0 Å². The van der Waals surface area contributed by atoms with Gasteiger partial charge in [-0.05, 0) is 62.4 Å². The number of rotatable bonds is 7. The van der Waals surface area contributed by atoms with Crippen molar-refractivity contribution in [3.8, 4) is 5.69 Å². The number of hydrogen-bond donors (Lipinski definition) is 0. The summed E-state index contributed by atoms with van der Waals surface area (Å²) in [5.41, 5.74) is 0.882. The molecule has 2 aromatic carbocycles. The molecule has 0 saturated carbocycles. The fourth-order valence-corrected chi connectivity index (χ4v) is 4.91. The van der Waals surface area contributed by atoms with Gasteiger partial charge in [-0.2, -0.15) is 0 Å². The number of hydrogen-bond acceptors (Lipinski definition) is 4. The molecule has 2 heterocycles. The molecule has 3 aromatic rings. The van der Waals surface area contributed by atoms with E-state index in [1.54, 1.807) is 24.3 Å². The number of para-hydroxylation sites is 1. The Kier molecular flexibility index (Phi) is 7.02. The molecular weight excluding hydrogens is 413 g/mol. The van der Waals surface area contributed by atoms with Gasteiger partial charge in [-0.15, -0.1) is 0 Å². The highest BCUT2D eigenvalue weighted by Gasteiger charge is 2.16. The summed E-state index contributed by atoms with van der Waals surface area (Å²) in [4.78, 5) is 32.1. The molecule has 1 aromatic heterocycles. The van der Waals surface area contributed by atoms with E-state index >= 15 is 0 Å². The van der Waals surface area contributed by atoms with E-state index in [0.29, 0.717) is 28.2 Å². The van der Waals surface area contributed by atoms with Gasteiger partial charge >= 0.3 is 0 Å². The quantitative estimate of drug-likeness (QED) is 0.301. The monoisotopic (exact) mass is 439 g/mol. The molecule has 0 atom stereocenters. The molecule has 31 heavy (non-hydrogen) atoms. The Morgan fingerprint density at radius 1 is 1.03 bits per heavy atom. The third-order valence-corrected chi connectivity index (χ3v) is 6.56. The third kappa shape index (κ3) is 5.15. The average molecular weight is 440 g/mol. The maximum absolute atomic E-state index is 13.8. The molecule has 7 heteroatoms. The first-order valence-electron chi connectivity index (χ1n) is 10.8. The summed E-state index contributed by atoms with van der Waals surface area (Å²) in [7, 11) is 0. The second-order valence-corrected chi connectivity index (χ2v) is 8.84. The van der Waals surface area contributed by atoms with E-state index in [4.69, 9.17) is 0 Å². The van der Waals surface area contributed by atoms with Crippen LogP contribution in [0.4, 0.5) is 4.39 Å². The van der Waals surface area contributed by atoms with Gasteiger partial charge in [0.2, 0.25) is 5.91 Å². The first kappa shape index (κ1) is 21.6. The van der Waals surface area contributed by atoms with Crippen molar-refractivity contribution in [1.29, 1.82) is 0 Å². The molecule has 0 unspecified atom stereocenters. The highest BCUT2D eigenvalue weighted by molar-refractivity contribution is 7.99. The minimum Gasteiger partial charge on any atom is -0.343 e. The Morgan fingerprint density at radius 2 is 1.84 bits per heavy atom. The largest absolute Gasteiger partial charge is 0.343 e. The number of likely N-dealkylation sites (tertiary alicyclic amines) is 1. The van der Waals surface area contributed by atoms with E-state index in [0.717, 1.165) is 44.5 Å². The Hall–Kier alpha value is -2.67. The fourth-order valence-electron chi connectivity index (χ4n) is 3.90. The van der Waals surface area contributed by atoms with Gasteiger partial charge in [0.1, 0.15) is 5.82 Å². The summed E-state index contributed by atoms with van der Waals surface area (Å²) < 4.78 is 15.3. The van der Waals surface area contributed by atoms with Crippen molar-refractivity contribution in [3.63, 3.8) is 0 Å². The van der Waals surface area contributed by atoms with Crippen molar-refractivity contribution in [1.82, 2.24) is 14.5 Å². The van der Waals surface area contributed by atoms with Crippen LogP contribution in [0.3, 0.4) is 0 Å². The first-order valence-corrected chi connectivity index (χ1v) is 11.8. The van der Waals surface area contributed by atoms with Crippen LogP contribution in [0.2, 0.25) is 0 Å². The summed E-state index contributed by atoms with van der Waals surface area (Å²) in [6.07, 6.45) is 5.63. The van der Waals surface area contributed by atoms with Crippen LogP contribution in [0.15, 0.2) is 58.5 Å². The Morgan fingerprint density at radius 3 is 2.65 bits per heavy atom. The highest BCUT2D eigenvalue weighted by atomic mass is 32.2. The number of aromatic nitrogens is 2. The molecule has 0 spiro atoms. The highest BCUT2D eigenvalue weighted by Crippen LogP contribution is 2.23. The lowest BCUT2D eigenvalue weighted by atomic mass is 10.1. The summed E-state index contributed by atoms with van der Waals surface area (Å²) in [6.45, 7) is 1.77. The lowest BCUT2D eigenvalue weighted by Gasteiger charge is -2.26. The molecule has 0 radical (unpaired) electrons. The van der Waals surface area contributed by atoms with Crippen molar-refractivity contribution in [3.05, 3.63) is 64.7 Å². The van der Waals surface area contributed by atoms with E-state index in [2.05, 4.69) is 4.98 Å². The minimum atomic E-state index is -0.398. The predicted molar refractivity (Wildman–Crippen MR) is 122 cm³/mol. The van der Waals surface area contributed by atoms with E-state index in [9.17, 15) is 14.0 Å². The van der Waals surface area contributed by atoms with Crippen LogP contribution in [-0.2, 0) is 4.79 Å². The molecule has 1 amide bonds. The lowest BCUT2D eigenvalue weighted by Crippen LogP contribution is -2.35. The number of benzene rings is 2. The number of piperidine rings is 1. The zero-order valence-electron chi connectivity index (χ0n) is 17.4. The van der Waals surface area contributed by atoms with Gasteiger partial charge in [0, 0.05) is 25.3 Å². The molecule has 1 aliphatic rings. The smallest absolute Gasteiger partial charge is 0.266 e. The summed E-state index contributed by atoms with van der Waals surface area (Å²) in [6, 6.07) is 13.2. The lowest BCUT2D eigenvalue weighted by molar-refractivity contribution is -0.132. The fraction of sp³-hybridized carbons (Fsp3) is 0.375. The SMILES string of the molecule is O=C(CCCCSc1nc2ccccc2c(=O)n1-c1cccc(F)c1)N1CCCCC1. The third-order valence-electron chi connectivity index (χ3n) is 5.54. The molecule has 0 N–H and O–H groups in total. The van der Waals surface area contributed by atoms with Crippen molar-refractivity contribution >= 4 is 28.6 Å². The minimum absolute atomic E-state index is 0.209. The molecule has 1 saturated heterocycles. The van der Waals surface area contributed by atoms with Gasteiger partial charge < -0.3 is 4.90 Å². The topological polar surface area (TPSA) is 55.2 Å². The van der Waals surface area contributed by atoms with Crippen LogP contribution < -0.4 is 5.56 Å². The number of thioether (sulfide) groups is 1. The van der Waals surface area contributed by atoms with Crippen molar-refractivity contribution in [2.75, 3.05) is 18.8 Å². The number of halogens is 1. The van der Waals surface area contributed by atoms with E-state index in [1.165, 1.54) is 34.9 Å². The summed E-state index contributed by atoms with van der Waals surface area (Å²) >= 11 is 1.47. The number of nitrogens with zero attached hydrogens (tertiary/aromatic N) is 3. The Labute approximate surface area is 185 Å². The molecule has 1 aliphatic heterocycles. The van der Waals surface area contributed by atoms with Gasteiger partial charge in [0.05, 0.1) is 16.6 Å². The standard InChI is InChI=1S/C24H26FN3O2S/c25-18-9-8-10-19(17-18)28-23(30)20-11-2-3-12-21(20)26-24(28)31-16-7-4-13-22(29)27-14-5-1-6-15-27/h2-3,8-12,17H,1,4-7,13-16H2. The second-order valence-electron chi connectivity index (χ2n) is 7.78. The molecule has 0 bridgehead atoms. The van der Waals surface area contributed by atoms with E-state index < -0.39 is 5.82 Å². The first-order chi connectivity index (χ1) is 15.1. The van der Waals surface area contributed by atoms with Crippen molar-refractivity contribution < 1.29 is 9.18 Å². The van der Waals surface area contributed by atoms with Gasteiger partial charge in [-0.1, -0.05) is 30.0 Å². The van der Waals surface area contributed by atoms with Crippen molar-refractivity contribution in [2.24, 2.45) is 0 Å². The molecule has 4 rings (SSSR count). The van der Waals surface area contributed by atoms with Crippen molar-refractivity contribution in [2.45, 2.75) is 43.7 Å². The zero-order valence-corrected chi connectivity index (χ0v) is 18.2. The van der Waals surface area contributed by atoms with Gasteiger partial charge in [-0.3, -0.25) is 14.2 Å². The predicted octanol–water partition coefficient (Wildman–Crippen LogP) is 4.80. The van der Waals surface area contributed by atoms with Gasteiger partial charge in [0.25, 0.3) is 5.56 Å². The number of amides is 1. The van der Waals surface area contributed by atoms with Gasteiger partial charge in [-0.25, -0.2) is 9.37 Å². The molecule has 162 valence electrons. The Bertz CT molecular complexity index is 1130. The van der Waals surface area contributed by atoms with Crippen LogP contribution in [0.25, 0.3) is 16.6 Å². The number of carbonyl (C=O) groups is 1. The van der Waals surface area contributed by atoms with Crippen LogP contribution >= 0.6 is 11.8 Å². The van der Waals surface area contributed by atoms with Crippen LogP contribution in [0.5, 0.6) is 0 Å². The Balaban J connectivity index is 1.47. The average Bonchev–Trinajstić information content (AvgIpc) is 2.79. The molecular formula is C24H26FN3O2S. The molecule has 1 fully saturated rings. The maximum atomic E-state index is 13.8. The number of unbranched alkanes of at least 4 members (excludes halogenated alkanes) is 1. The van der Waals surface area contributed by atoms with Gasteiger partial charge in [0.15, 0.2) is 5.16 Å². The second kappa shape index (κ2) is 10.1. The summed E-state index contributed by atoms with van der Waals surface area (Å²) in [5, 5.41) is 1.04. The molecule has 0 aliphatic carbocycles. The number of fused-ring (bicyclic) bond motifs is 1.